The summed E-state index contributed by atoms with van der Waals surface area (Å²) in [7, 11) is 1.59. The monoisotopic (exact) mass is 358 g/mol. The molecule has 2 aromatic rings. The highest BCUT2D eigenvalue weighted by atomic mass is 32.1. The SMILES string of the molecule is COc1cc(C(=O)NC2CCC[C@H]3C[C@@H]23)ccc1OCc1cscn1. The van der Waals surface area contributed by atoms with Gasteiger partial charge in [-0.1, -0.05) is 12.8 Å². The topological polar surface area (TPSA) is 60.5 Å². The zero-order chi connectivity index (χ0) is 17.2. The van der Waals surface area contributed by atoms with E-state index in [4.69, 9.17) is 9.47 Å². The molecule has 2 fully saturated rings. The summed E-state index contributed by atoms with van der Waals surface area (Å²) in [4.78, 5) is 16.8. The fourth-order valence-corrected chi connectivity index (χ4v) is 4.27. The molecule has 25 heavy (non-hydrogen) atoms. The highest BCUT2D eigenvalue weighted by Crippen LogP contribution is 2.49. The van der Waals surface area contributed by atoms with E-state index in [2.05, 4.69) is 10.3 Å². The maximum Gasteiger partial charge on any atom is 0.251 e. The Morgan fingerprint density at radius 2 is 2.28 bits per heavy atom. The number of ether oxygens (including phenoxy) is 2. The minimum Gasteiger partial charge on any atom is -0.493 e. The molecule has 1 heterocycles. The molecule has 2 aliphatic rings. The van der Waals surface area contributed by atoms with Crippen LogP contribution in [-0.4, -0.2) is 24.0 Å². The molecular weight excluding hydrogens is 336 g/mol. The number of methoxy groups -OCH3 is 1. The molecule has 6 heteroatoms. The summed E-state index contributed by atoms with van der Waals surface area (Å²) in [5.41, 5.74) is 3.27. The molecule has 1 amide bonds. The number of nitrogens with one attached hydrogen (secondary N) is 1. The Hall–Kier alpha value is -2.08. The van der Waals surface area contributed by atoms with Crippen LogP contribution >= 0.6 is 11.3 Å². The lowest BCUT2D eigenvalue weighted by molar-refractivity contribution is 0.0923. The molecule has 3 atom stereocenters. The van der Waals surface area contributed by atoms with Crippen LogP contribution in [0.5, 0.6) is 11.5 Å². The first-order valence-corrected chi connectivity index (χ1v) is 9.67. The van der Waals surface area contributed by atoms with Crippen molar-refractivity contribution in [3.63, 3.8) is 0 Å². The molecule has 0 bridgehead atoms. The third kappa shape index (κ3) is 3.63. The van der Waals surface area contributed by atoms with Gasteiger partial charge in [0.2, 0.25) is 0 Å². The van der Waals surface area contributed by atoms with E-state index in [1.165, 1.54) is 30.6 Å². The summed E-state index contributed by atoms with van der Waals surface area (Å²) < 4.78 is 11.2. The van der Waals surface area contributed by atoms with Gasteiger partial charge in [0.25, 0.3) is 5.91 Å². The lowest BCUT2D eigenvalue weighted by Crippen LogP contribution is -2.38. The first-order chi connectivity index (χ1) is 12.2. The summed E-state index contributed by atoms with van der Waals surface area (Å²) >= 11 is 1.54. The van der Waals surface area contributed by atoms with Crippen LogP contribution in [0.2, 0.25) is 0 Å². The van der Waals surface area contributed by atoms with Crippen molar-refractivity contribution in [2.45, 2.75) is 38.3 Å². The van der Waals surface area contributed by atoms with E-state index in [1.807, 2.05) is 5.38 Å². The number of carbonyl (C=O) groups excluding carboxylic acids is 1. The van der Waals surface area contributed by atoms with E-state index in [9.17, 15) is 4.79 Å². The van der Waals surface area contributed by atoms with E-state index in [0.29, 0.717) is 35.6 Å². The minimum atomic E-state index is -0.0260. The maximum atomic E-state index is 12.6. The zero-order valence-electron chi connectivity index (χ0n) is 14.2. The summed E-state index contributed by atoms with van der Waals surface area (Å²) in [6.07, 6.45) is 4.92. The summed E-state index contributed by atoms with van der Waals surface area (Å²) in [5.74, 6) is 2.69. The van der Waals surface area contributed by atoms with Crippen LogP contribution in [0.3, 0.4) is 0 Å². The predicted molar refractivity (Wildman–Crippen MR) is 96.1 cm³/mol. The molecule has 132 valence electrons. The van der Waals surface area contributed by atoms with Crippen LogP contribution in [0, 0.1) is 11.8 Å². The predicted octanol–water partition coefficient (Wildman–Crippen LogP) is 3.65. The van der Waals surface area contributed by atoms with E-state index in [1.54, 1.807) is 30.8 Å². The second-order valence-electron chi connectivity index (χ2n) is 6.80. The highest BCUT2D eigenvalue weighted by molar-refractivity contribution is 7.07. The number of benzene rings is 1. The van der Waals surface area contributed by atoms with Gasteiger partial charge in [0.15, 0.2) is 11.5 Å². The van der Waals surface area contributed by atoms with Crippen LogP contribution in [0.1, 0.15) is 41.7 Å². The van der Waals surface area contributed by atoms with Crippen LogP contribution in [-0.2, 0) is 6.61 Å². The zero-order valence-corrected chi connectivity index (χ0v) is 15.1. The van der Waals surface area contributed by atoms with Crippen molar-refractivity contribution in [1.82, 2.24) is 10.3 Å². The Balaban J connectivity index is 1.42. The summed E-state index contributed by atoms with van der Waals surface area (Å²) in [6, 6.07) is 5.67. The van der Waals surface area contributed by atoms with Crippen LogP contribution in [0.4, 0.5) is 0 Å². The van der Waals surface area contributed by atoms with Gasteiger partial charge in [-0.05, 0) is 42.9 Å². The van der Waals surface area contributed by atoms with E-state index in [-0.39, 0.29) is 5.91 Å². The first kappa shape index (κ1) is 16.4. The van der Waals surface area contributed by atoms with E-state index < -0.39 is 0 Å². The number of nitrogens with zero attached hydrogens (tertiary/aromatic N) is 1. The summed E-state index contributed by atoms with van der Waals surface area (Å²) in [6.45, 7) is 0.385. The third-order valence-electron chi connectivity index (χ3n) is 5.19. The lowest BCUT2D eigenvalue weighted by atomic mass is 9.95. The molecule has 2 aliphatic carbocycles. The first-order valence-electron chi connectivity index (χ1n) is 8.73. The highest BCUT2D eigenvalue weighted by Gasteiger charge is 2.45. The second-order valence-corrected chi connectivity index (χ2v) is 7.52. The van der Waals surface area contributed by atoms with Gasteiger partial charge >= 0.3 is 0 Å². The molecule has 0 radical (unpaired) electrons. The lowest BCUT2D eigenvalue weighted by Gasteiger charge is -2.22. The molecule has 0 saturated heterocycles. The van der Waals surface area contributed by atoms with Gasteiger partial charge in [0.1, 0.15) is 6.61 Å². The number of amides is 1. The van der Waals surface area contributed by atoms with Crippen molar-refractivity contribution < 1.29 is 14.3 Å². The van der Waals surface area contributed by atoms with Crippen molar-refractivity contribution in [2.75, 3.05) is 7.11 Å². The van der Waals surface area contributed by atoms with Crippen LogP contribution in [0.25, 0.3) is 0 Å². The van der Waals surface area contributed by atoms with Crippen molar-refractivity contribution in [2.24, 2.45) is 11.8 Å². The molecule has 1 aromatic heterocycles. The standard InChI is InChI=1S/C19H22N2O3S/c1-23-18-8-13(5-6-17(18)24-9-14-10-25-11-20-14)19(22)21-16-4-2-3-12-7-15(12)16/h5-6,8,10-12,15-16H,2-4,7,9H2,1H3,(H,21,22)/t12-,15+,16?/m0/s1. The van der Waals surface area contributed by atoms with Gasteiger partial charge in [-0.2, -0.15) is 0 Å². The Labute approximate surface area is 151 Å². The molecule has 5 nitrogen and oxygen atoms in total. The molecule has 1 aromatic carbocycles. The van der Waals surface area contributed by atoms with Crippen molar-refractivity contribution in [3.8, 4) is 11.5 Å². The smallest absolute Gasteiger partial charge is 0.251 e. The number of fused-ring (bicyclic) bond motifs is 1. The average Bonchev–Trinajstić information content (AvgIpc) is 3.26. The Kier molecular flexibility index (Phi) is 4.61. The van der Waals surface area contributed by atoms with Gasteiger partial charge < -0.3 is 14.8 Å². The molecule has 4 rings (SSSR count). The minimum absolute atomic E-state index is 0.0260. The van der Waals surface area contributed by atoms with Crippen molar-refractivity contribution >= 4 is 17.2 Å². The van der Waals surface area contributed by atoms with Gasteiger partial charge in [-0.15, -0.1) is 11.3 Å². The van der Waals surface area contributed by atoms with Gasteiger partial charge in [-0.3, -0.25) is 4.79 Å². The van der Waals surface area contributed by atoms with Gasteiger partial charge in [-0.25, -0.2) is 4.98 Å². The number of aromatic nitrogens is 1. The Morgan fingerprint density at radius 1 is 1.36 bits per heavy atom. The Morgan fingerprint density at radius 3 is 3.08 bits per heavy atom. The van der Waals surface area contributed by atoms with Crippen LogP contribution < -0.4 is 14.8 Å². The van der Waals surface area contributed by atoms with Crippen molar-refractivity contribution in [3.05, 3.63) is 40.3 Å². The quantitative estimate of drug-likeness (QED) is 0.856. The number of hydrogen-bond donors (Lipinski definition) is 1. The molecule has 0 aliphatic heterocycles. The number of rotatable bonds is 6. The van der Waals surface area contributed by atoms with E-state index in [0.717, 1.165) is 18.0 Å². The molecule has 1 N–H and O–H groups in total. The van der Waals surface area contributed by atoms with Gasteiger partial charge in [0, 0.05) is 17.0 Å². The molecule has 2 saturated carbocycles. The van der Waals surface area contributed by atoms with E-state index >= 15 is 0 Å². The molecule has 1 unspecified atom stereocenters. The normalized spacial score (nSPS) is 24.3. The fourth-order valence-electron chi connectivity index (χ4n) is 3.73. The number of thiazole rings is 1. The fraction of sp³-hybridized carbons (Fsp3) is 0.474. The van der Waals surface area contributed by atoms with Crippen LogP contribution in [0.15, 0.2) is 29.1 Å². The number of carbonyl (C=O) groups is 1. The molecular formula is C19H22N2O3S. The van der Waals surface area contributed by atoms with Gasteiger partial charge in [0.05, 0.1) is 18.3 Å². The molecule has 0 spiro atoms. The number of hydrogen-bond acceptors (Lipinski definition) is 5. The largest absolute Gasteiger partial charge is 0.493 e. The second kappa shape index (κ2) is 7.04. The Bertz CT molecular complexity index is 747. The third-order valence-corrected chi connectivity index (χ3v) is 5.82. The van der Waals surface area contributed by atoms with Crippen molar-refractivity contribution in [1.29, 1.82) is 0 Å². The summed E-state index contributed by atoms with van der Waals surface area (Å²) in [5, 5.41) is 5.16. The average molecular weight is 358 g/mol. The maximum absolute atomic E-state index is 12.6.